The molecule has 3 N–H and O–H groups in total. The molecule has 214 valence electrons. The number of hydrogen-bond acceptors (Lipinski definition) is 5. The van der Waals surface area contributed by atoms with Crippen LogP contribution >= 0.6 is 0 Å². The van der Waals surface area contributed by atoms with Crippen molar-refractivity contribution in [1.29, 1.82) is 0 Å². The number of benzene rings is 3. The maximum Gasteiger partial charge on any atom is 0.294 e. The summed E-state index contributed by atoms with van der Waals surface area (Å²) in [6.45, 7) is 3.77. The van der Waals surface area contributed by atoms with E-state index in [-0.39, 0.29) is 24.1 Å². The van der Waals surface area contributed by atoms with Crippen LogP contribution in [-0.4, -0.2) is 46.1 Å². The van der Waals surface area contributed by atoms with Gasteiger partial charge in [0.1, 0.15) is 5.82 Å². The number of carbonyl (C=O) groups is 2. The van der Waals surface area contributed by atoms with Crippen LogP contribution < -0.4 is 21.5 Å². The summed E-state index contributed by atoms with van der Waals surface area (Å²) < 4.78 is 17.4. The van der Waals surface area contributed by atoms with Gasteiger partial charge in [-0.1, -0.05) is 24.3 Å². The van der Waals surface area contributed by atoms with Gasteiger partial charge in [0.25, 0.3) is 11.5 Å². The summed E-state index contributed by atoms with van der Waals surface area (Å²) in [5.74, 6) is -1.05. The molecule has 0 bridgehead atoms. The lowest BCUT2D eigenvalue weighted by Crippen LogP contribution is -2.38. The molecule has 3 aromatic carbocycles. The SMILES string of the molecule is CNC(=O)c1cccc(-c2cnc(NC(=O)[C@H](C)NC)c(=O)n2Cc2cccc(-n3cc(C)c4cc(F)ccc43)c2)c1. The molecule has 5 aromatic rings. The molecule has 10 heteroatoms. The van der Waals surface area contributed by atoms with Gasteiger partial charge in [-0.3, -0.25) is 19.0 Å². The molecule has 5 rings (SSSR count). The second kappa shape index (κ2) is 11.8. The fourth-order valence-corrected chi connectivity index (χ4v) is 4.85. The number of nitrogens with zero attached hydrogens (tertiary/aromatic N) is 3. The lowest BCUT2D eigenvalue weighted by molar-refractivity contribution is -0.117. The van der Waals surface area contributed by atoms with E-state index in [9.17, 15) is 18.8 Å². The minimum atomic E-state index is -0.534. The summed E-state index contributed by atoms with van der Waals surface area (Å²) in [5, 5.41) is 8.90. The van der Waals surface area contributed by atoms with Crippen molar-refractivity contribution in [3.63, 3.8) is 0 Å². The lowest BCUT2D eigenvalue weighted by Gasteiger charge is -2.17. The Bertz CT molecular complexity index is 1880. The topological polar surface area (TPSA) is 110 Å². The normalized spacial score (nSPS) is 11.8. The molecule has 0 unspecified atom stereocenters. The standard InChI is InChI=1S/C32H31FN6O3/c1-19-17-38(27-12-11-24(33)15-26(19)27)25-10-5-7-21(13-25)18-39-28(22-8-6-9-23(14-22)31(41)35-4)16-36-29(32(39)42)37-30(40)20(2)34-3/h5-17,20,34H,18H2,1-4H3,(H,35,41)(H,36,37,40)/t20-/m0/s1. The van der Waals surface area contributed by atoms with E-state index in [1.807, 2.05) is 42.0 Å². The van der Waals surface area contributed by atoms with Crippen LogP contribution in [0, 0.1) is 12.7 Å². The fourth-order valence-electron chi connectivity index (χ4n) is 4.85. The number of carbonyl (C=O) groups excluding carboxylic acids is 2. The van der Waals surface area contributed by atoms with Gasteiger partial charge in [-0.15, -0.1) is 0 Å². The monoisotopic (exact) mass is 566 g/mol. The van der Waals surface area contributed by atoms with Gasteiger partial charge in [0, 0.05) is 35.4 Å². The Morgan fingerprint density at radius 3 is 2.57 bits per heavy atom. The Morgan fingerprint density at radius 1 is 1.02 bits per heavy atom. The first kappa shape index (κ1) is 28.4. The molecule has 0 fully saturated rings. The summed E-state index contributed by atoms with van der Waals surface area (Å²) in [6, 6.07) is 18.8. The molecule has 0 spiro atoms. The molecular formula is C32H31FN6O3. The third kappa shape index (κ3) is 5.57. The quantitative estimate of drug-likeness (QED) is 0.260. The van der Waals surface area contributed by atoms with Gasteiger partial charge >= 0.3 is 0 Å². The number of fused-ring (bicyclic) bond motifs is 1. The molecule has 0 saturated carbocycles. The number of halogens is 1. The van der Waals surface area contributed by atoms with Crippen LogP contribution in [0.4, 0.5) is 10.2 Å². The number of rotatable bonds is 8. The van der Waals surface area contributed by atoms with E-state index in [4.69, 9.17) is 0 Å². The zero-order chi connectivity index (χ0) is 30.0. The van der Waals surface area contributed by atoms with Crippen molar-refractivity contribution in [2.75, 3.05) is 19.4 Å². The molecule has 9 nitrogen and oxygen atoms in total. The van der Waals surface area contributed by atoms with Crippen molar-refractivity contribution >= 4 is 28.5 Å². The second-order valence-electron chi connectivity index (χ2n) is 10.1. The molecule has 2 amide bonds. The number of aromatic nitrogens is 3. The minimum Gasteiger partial charge on any atom is -0.355 e. The zero-order valence-electron chi connectivity index (χ0n) is 23.7. The van der Waals surface area contributed by atoms with E-state index >= 15 is 0 Å². The number of amides is 2. The van der Waals surface area contributed by atoms with Crippen LogP contribution in [0.2, 0.25) is 0 Å². The molecule has 0 aliphatic rings. The predicted molar refractivity (Wildman–Crippen MR) is 162 cm³/mol. The van der Waals surface area contributed by atoms with Crippen LogP contribution in [0.1, 0.15) is 28.4 Å². The Labute approximate surface area is 242 Å². The van der Waals surface area contributed by atoms with Gasteiger partial charge in [0.05, 0.1) is 30.0 Å². The number of nitrogens with one attached hydrogen (secondary N) is 3. The highest BCUT2D eigenvalue weighted by atomic mass is 19.1. The Hall–Kier alpha value is -5.09. The average Bonchev–Trinajstić information content (AvgIpc) is 3.33. The maximum absolute atomic E-state index is 13.9. The first-order chi connectivity index (χ1) is 20.2. The van der Waals surface area contributed by atoms with Crippen LogP contribution in [-0.2, 0) is 11.3 Å². The Balaban J connectivity index is 1.60. The Kier molecular flexibility index (Phi) is 7.99. The highest BCUT2D eigenvalue weighted by Crippen LogP contribution is 2.26. The lowest BCUT2D eigenvalue weighted by atomic mass is 10.1. The van der Waals surface area contributed by atoms with E-state index < -0.39 is 17.5 Å². The maximum atomic E-state index is 13.9. The van der Waals surface area contributed by atoms with E-state index in [0.29, 0.717) is 16.8 Å². The van der Waals surface area contributed by atoms with Crippen LogP contribution in [0.5, 0.6) is 0 Å². The van der Waals surface area contributed by atoms with E-state index in [1.165, 1.54) is 22.9 Å². The van der Waals surface area contributed by atoms with Crippen molar-refractivity contribution < 1.29 is 14.0 Å². The van der Waals surface area contributed by atoms with Gasteiger partial charge in [-0.05, 0) is 74.5 Å². The zero-order valence-corrected chi connectivity index (χ0v) is 23.7. The third-order valence-corrected chi connectivity index (χ3v) is 7.27. The Morgan fingerprint density at radius 2 is 1.81 bits per heavy atom. The smallest absolute Gasteiger partial charge is 0.294 e. The molecule has 0 aliphatic carbocycles. The van der Waals surface area contributed by atoms with Gasteiger partial charge in [-0.2, -0.15) is 0 Å². The van der Waals surface area contributed by atoms with E-state index in [2.05, 4.69) is 20.9 Å². The average molecular weight is 567 g/mol. The molecule has 2 aromatic heterocycles. The van der Waals surface area contributed by atoms with Crippen molar-refractivity contribution in [3.8, 4) is 16.9 Å². The molecule has 0 radical (unpaired) electrons. The molecule has 1 atom stereocenters. The highest BCUT2D eigenvalue weighted by Gasteiger charge is 2.18. The van der Waals surface area contributed by atoms with Gasteiger partial charge < -0.3 is 20.5 Å². The van der Waals surface area contributed by atoms with E-state index in [1.54, 1.807) is 51.4 Å². The van der Waals surface area contributed by atoms with Crippen molar-refractivity contribution in [2.24, 2.45) is 0 Å². The number of aryl methyl sites for hydroxylation is 1. The molecule has 2 heterocycles. The first-order valence-electron chi connectivity index (χ1n) is 13.5. The van der Waals surface area contributed by atoms with Crippen LogP contribution in [0.3, 0.4) is 0 Å². The first-order valence-corrected chi connectivity index (χ1v) is 13.5. The molecule has 42 heavy (non-hydrogen) atoms. The van der Waals surface area contributed by atoms with Gasteiger partial charge in [0.15, 0.2) is 5.82 Å². The fraction of sp³-hybridized carbons (Fsp3) is 0.188. The molecule has 0 saturated heterocycles. The van der Waals surface area contributed by atoms with Crippen LogP contribution in [0.25, 0.3) is 27.8 Å². The molecule has 0 aliphatic heterocycles. The third-order valence-electron chi connectivity index (χ3n) is 7.27. The van der Waals surface area contributed by atoms with E-state index in [0.717, 1.165) is 27.7 Å². The largest absolute Gasteiger partial charge is 0.355 e. The number of hydrogen-bond donors (Lipinski definition) is 3. The second-order valence-corrected chi connectivity index (χ2v) is 10.1. The van der Waals surface area contributed by atoms with Crippen LogP contribution in [0.15, 0.2) is 83.9 Å². The predicted octanol–water partition coefficient (Wildman–Crippen LogP) is 4.26. The van der Waals surface area contributed by atoms with Gasteiger partial charge in [0.2, 0.25) is 5.91 Å². The number of anilines is 1. The summed E-state index contributed by atoms with van der Waals surface area (Å²) in [4.78, 5) is 43.0. The van der Waals surface area contributed by atoms with Gasteiger partial charge in [-0.25, -0.2) is 9.37 Å². The molecular weight excluding hydrogens is 535 g/mol. The number of likely N-dealkylation sites (N-methyl/N-ethyl adjacent to an activating group) is 1. The van der Waals surface area contributed by atoms with Crippen molar-refractivity contribution in [2.45, 2.75) is 26.4 Å². The van der Waals surface area contributed by atoms with Crippen molar-refractivity contribution in [1.82, 2.24) is 24.8 Å². The van der Waals surface area contributed by atoms with Crippen molar-refractivity contribution in [3.05, 3.63) is 112 Å². The summed E-state index contributed by atoms with van der Waals surface area (Å²) in [6.07, 6.45) is 3.47. The summed E-state index contributed by atoms with van der Waals surface area (Å²) in [7, 11) is 3.20. The summed E-state index contributed by atoms with van der Waals surface area (Å²) in [5.41, 5.74) is 4.50. The highest BCUT2D eigenvalue weighted by molar-refractivity contribution is 5.95. The summed E-state index contributed by atoms with van der Waals surface area (Å²) >= 11 is 0. The minimum absolute atomic E-state index is 0.0986.